The predicted octanol–water partition coefficient (Wildman–Crippen LogP) is 2.62. The molecule has 1 aliphatic rings. The Hall–Kier alpha value is -1.38. The molecule has 0 unspecified atom stereocenters. The number of nitrogens with two attached hydrogens (primary N) is 1. The summed E-state index contributed by atoms with van der Waals surface area (Å²) in [5, 5.41) is 16.6. The van der Waals surface area contributed by atoms with Crippen molar-refractivity contribution in [2.24, 2.45) is 0 Å². The number of anilines is 1. The van der Waals surface area contributed by atoms with Crippen LogP contribution in [0.15, 0.2) is 11.4 Å². The molecule has 21 heavy (non-hydrogen) atoms. The number of rotatable bonds is 4. The average Bonchev–Trinajstić information content (AvgIpc) is 2.88. The van der Waals surface area contributed by atoms with Crippen molar-refractivity contribution in [3.63, 3.8) is 0 Å². The first-order valence-electron chi connectivity index (χ1n) is 7.84. The van der Waals surface area contributed by atoms with Crippen LogP contribution in [0, 0.1) is 11.3 Å². The summed E-state index contributed by atoms with van der Waals surface area (Å²) in [4.78, 5) is 12.3. The Kier molecular flexibility index (Phi) is 6.21. The normalized spacial score (nSPS) is 18.3. The number of amides is 1. The molecule has 1 aromatic rings. The van der Waals surface area contributed by atoms with Gasteiger partial charge in [0, 0.05) is 0 Å². The van der Waals surface area contributed by atoms with Gasteiger partial charge in [0.05, 0.1) is 11.6 Å². The molecule has 2 rings (SSSR count). The van der Waals surface area contributed by atoms with Crippen molar-refractivity contribution in [1.82, 2.24) is 0 Å². The van der Waals surface area contributed by atoms with E-state index in [4.69, 9.17) is 5.26 Å². The molecule has 1 fully saturated rings. The van der Waals surface area contributed by atoms with E-state index in [0.717, 1.165) is 0 Å². The number of quaternary nitrogens is 1. The minimum absolute atomic E-state index is 0.00369. The number of nitriles is 1. The molecule has 4 nitrogen and oxygen atoms in total. The molecule has 1 aliphatic carbocycles. The summed E-state index contributed by atoms with van der Waals surface area (Å²) in [5.41, 5.74) is 0.548. The Morgan fingerprint density at radius 3 is 2.71 bits per heavy atom. The smallest absolute Gasteiger partial charge is 0.282 e. The van der Waals surface area contributed by atoms with Gasteiger partial charge in [0.1, 0.15) is 11.1 Å². The van der Waals surface area contributed by atoms with Crippen LogP contribution in [0.1, 0.15) is 57.4 Å². The van der Waals surface area contributed by atoms with E-state index in [2.05, 4.69) is 16.7 Å². The standard InChI is InChI=1S/C16H23N3OS/c1-12(18-14-7-5-3-2-4-6-8-14)15(20)19-16-13(11-17)9-10-21-16/h9-10,12,14,18H,2-8H2,1H3,(H,19,20)/p+1/t12-/m1/s1. The number of hydrogen-bond donors (Lipinski definition) is 2. The molecule has 1 aromatic heterocycles. The van der Waals surface area contributed by atoms with E-state index in [-0.39, 0.29) is 11.9 Å². The number of carbonyl (C=O) groups excluding carboxylic acids is 1. The van der Waals surface area contributed by atoms with Crippen molar-refractivity contribution < 1.29 is 10.1 Å². The van der Waals surface area contributed by atoms with Crippen LogP contribution in [0.4, 0.5) is 5.00 Å². The minimum atomic E-state index is -0.108. The number of carbonyl (C=O) groups is 1. The molecular formula is C16H24N3OS+. The van der Waals surface area contributed by atoms with E-state index in [9.17, 15) is 4.79 Å². The number of thiophene rings is 1. The molecule has 0 spiro atoms. The van der Waals surface area contributed by atoms with Crippen LogP contribution < -0.4 is 10.6 Å². The van der Waals surface area contributed by atoms with Gasteiger partial charge in [-0.3, -0.25) is 4.79 Å². The Labute approximate surface area is 130 Å². The monoisotopic (exact) mass is 306 g/mol. The third-order valence-corrected chi connectivity index (χ3v) is 4.98. The van der Waals surface area contributed by atoms with Gasteiger partial charge in [0.25, 0.3) is 5.91 Å². The van der Waals surface area contributed by atoms with Crippen LogP contribution in [0.5, 0.6) is 0 Å². The lowest BCUT2D eigenvalue weighted by Crippen LogP contribution is -2.96. The van der Waals surface area contributed by atoms with Crippen LogP contribution in [0.25, 0.3) is 0 Å². The fraction of sp³-hybridized carbons (Fsp3) is 0.625. The van der Waals surface area contributed by atoms with E-state index >= 15 is 0 Å². The third-order valence-electron chi connectivity index (χ3n) is 4.15. The van der Waals surface area contributed by atoms with Gasteiger partial charge in [0.15, 0.2) is 6.04 Å². The zero-order valence-electron chi connectivity index (χ0n) is 12.6. The van der Waals surface area contributed by atoms with Crippen molar-refractivity contribution in [2.75, 3.05) is 5.32 Å². The van der Waals surface area contributed by atoms with Gasteiger partial charge < -0.3 is 10.6 Å². The van der Waals surface area contributed by atoms with Crippen LogP contribution in [-0.4, -0.2) is 18.0 Å². The van der Waals surface area contributed by atoms with Gasteiger partial charge in [-0.15, -0.1) is 11.3 Å². The Morgan fingerprint density at radius 1 is 1.38 bits per heavy atom. The molecule has 1 amide bonds. The van der Waals surface area contributed by atoms with Gasteiger partial charge in [-0.25, -0.2) is 0 Å². The van der Waals surface area contributed by atoms with Gasteiger partial charge in [0.2, 0.25) is 0 Å². The lowest BCUT2D eigenvalue weighted by atomic mass is 9.96. The summed E-state index contributed by atoms with van der Waals surface area (Å²) < 4.78 is 0. The Morgan fingerprint density at radius 2 is 2.05 bits per heavy atom. The van der Waals surface area contributed by atoms with Gasteiger partial charge >= 0.3 is 0 Å². The first-order valence-corrected chi connectivity index (χ1v) is 8.72. The van der Waals surface area contributed by atoms with E-state index in [1.54, 1.807) is 6.07 Å². The average molecular weight is 306 g/mol. The molecule has 1 atom stereocenters. The van der Waals surface area contributed by atoms with Crippen molar-refractivity contribution in [3.8, 4) is 6.07 Å². The van der Waals surface area contributed by atoms with Gasteiger partial charge in [-0.05, 0) is 44.1 Å². The van der Waals surface area contributed by atoms with E-state index in [1.807, 2.05) is 12.3 Å². The second kappa shape index (κ2) is 8.16. The van der Waals surface area contributed by atoms with Crippen LogP contribution in [0.2, 0.25) is 0 Å². The third kappa shape index (κ3) is 4.83. The van der Waals surface area contributed by atoms with Crippen LogP contribution in [0.3, 0.4) is 0 Å². The zero-order chi connectivity index (χ0) is 15.1. The van der Waals surface area contributed by atoms with Crippen molar-refractivity contribution >= 4 is 22.2 Å². The molecular weight excluding hydrogens is 282 g/mol. The lowest BCUT2D eigenvalue weighted by molar-refractivity contribution is -0.707. The quantitative estimate of drug-likeness (QED) is 0.897. The minimum Gasteiger partial charge on any atom is -0.334 e. The maximum absolute atomic E-state index is 12.3. The topological polar surface area (TPSA) is 69.5 Å². The van der Waals surface area contributed by atoms with Crippen molar-refractivity contribution in [2.45, 2.75) is 64.0 Å². The number of hydrogen-bond acceptors (Lipinski definition) is 3. The van der Waals surface area contributed by atoms with Crippen LogP contribution >= 0.6 is 11.3 Å². The summed E-state index contributed by atoms with van der Waals surface area (Å²) in [6.45, 7) is 1.95. The molecule has 1 heterocycles. The Bertz CT molecular complexity index is 498. The maximum atomic E-state index is 12.3. The summed E-state index contributed by atoms with van der Waals surface area (Å²) >= 11 is 1.40. The fourth-order valence-electron chi connectivity index (χ4n) is 2.90. The molecule has 0 aromatic carbocycles. The highest BCUT2D eigenvalue weighted by Gasteiger charge is 2.23. The molecule has 0 bridgehead atoms. The zero-order valence-corrected chi connectivity index (χ0v) is 13.4. The first-order chi connectivity index (χ1) is 10.2. The molecule has 3 N–H and O–H groups in total. The fourth-order valence-corrected chi connectivity index (χ4v) is 3.64. The second-order valence-electron chi connectivity index (χ2n) is 5.85. The largest absolute Gasteiger partial charge is 0.334 e. The van der Waals surface area contributed by atoms with Gasteiger partial charge in [-0.1, -0.05) is 19.3 Å². The SMILES string of the molecule is C[C@@H]([NH2+]C1CCCCCCC1)C(=O)Nc1sccc1C#N. The second-order valence-corrected chi connectivity index (χ2v) is 6.77. The summed E-state index contributed by atoms with van der Waals surface area (Å²) in [6, 6.07) is 4.29. The van der Waals surface area contributed by atoms with Crippen molar-refractivity contribution in [3.05, 3.63) is 17.0 Å². The van der Waals surface area contributed by atoms with Gasteiger partial charge in [-0.2, -0.15) is 5.26 Å². The van der Waals surface area contributed by atoms with E-state index in [0.29, 0.717) is 16.6 Å². The van der Waals surface area contributed by atoms with Crippen molar-refractivity contribution in [1.29, 1.82) is 5.26 Å². The van der Waals surface area contributed by atoms with Crippen LogP contribution in [-0.2, 0) is 4.79 Å². The molecule has 0 aliphatic heterocycles. The first kappa shape index (κ1) is 16.0. The highest BCUT2D eigenvalue weighted by molar-refractivity contribution is 7.14. The predicted molar refractivity (Wildman–Crippen MR) is 85.2 cm³/mol. The highest BCUT2D eigenvalue weighted by Crippen LogP contribution is 2.22. The Balaban J connectivity index is 1.85. The summed E-state index contributed by atoms with van der Waals surface area (Å²) in [5.74, 6) is -0.00369. The molecule has 1 saturated carbocycles. The molecule has 0 saturated heterocycles. The molecule has 5 heteroatoms. The highest BCUT2D eigenvalue weighted by atomic mass is 32.1. The molecule has 114 valence electrons. The molecule has 0 radical (unpaired) electrons. The summed E-state index contributed by atoms with van der Waals surface area (Å²) in [6.07, 6.45) is 8.98. The number of nitrogens with zero attached hydrogens (tertiary/aromatic N) is 1. The maximum Gasteiger partial charge on any atom is 0.282 e. The van der Waals surface area contributed by atoms with E-state index in [1.165, 1.54) is 56.3 Å². The lowest BCUT2D eigenvalue weighted by Gasteiger charge is -2.21. The summed E-state index contributed by atoms with van der Waals surface area (Å²) in [7, 11) is 0. The van der Waals surface area contributed by atoms with E-state index < -0.39 is 0 Å². The number of nitrogens with one attached hydrogen (secondary N) is 1.